The van der Waals surface area contributed by atoms with Gasteiger partial charge >= 0.3 is 0 Å². The Bertz CT molecular complexity index is 1190. The van der Waals surface area contributed by atoms with E-state index in [0.717, 1.165) is 32.2 Å². The molecule has 172 valence electrons. The Kier molecular flexibility index (Phi) is 5.94. The lowest BCUT2D eigenvalue weighted by Crippen LogP contribution is -2.43. The molecule has 1 aliphatic carbocycles. The predicted molar refractivity (Wildman–Crippen MR) is 126 cm³/mol. The molecule has 5 rings (SSSR count). The molecule has 1 aliphatic heterocycles. The smallest absolute Gasteiger partial charge is 0.202 e. The molecule has 33 heavy (non-hydrogen) atoms. The quantitative estimate of drug-likeness (QED) is 0.321. The SMILES string of the molecule is Cc1cc(NC2=NC(N[C@@H]3C[C@H](CO)[C@@H](O)[C@H]3O)=C(c3nc4ccncc4s3)CN2)ccn1. The van der Waals surface area contributed by atoms with Crippen molar-refractivity contribution in [3.05, 3.63) is 53.3 Å². The van der Waals surface area contributed by atoms with Crippen molar-refractivity contribution in [2.45, 2.75) is 31.6 Å². The van der Waals surface area contributed by atoms with Gasteiger partial charge in [0.15, 0.2) is 0 Å². The predicted octanol–water partition coefficient (Wildman–Crippen LogP) is 0.827. The Morgan fingerprint density at radius 2 is 2.09 bits per heavy atom. The molecule has 2 aliphatic rings. The van der Waals surface area contributed by atoms with Gasteiger partial charge in [0.2, 0.25) is 5.96 Å². The van der Waals surface area contributed by atoms with Crippen LogP contribution in [0.4, 0.5) is 5.69 Å². The van der Waals surface area contributed by atoms with E-state index < -0.39 is 24.2 Å². The largest absolute Gasteiger partial charge is 0.396 e. The molecule has 0 bridgehead atoms. The van der Waals surface area contributed by atoms with Gasteiger partial charge in [-0.1, -0.05) is 0 Å². The standard InChI is InChI=1S/C22H25N7O3S/c1-11-6-13(2-5-24-11)26-22-25-8-14(21-28-15-3-4-23-9-17(15)33-21)20(29-22)27-16-7-12(10-30)18(31)19(16)32/h2-6,9,12,16,18-19,27,30-32H,7-8,10H2,1H3,(H2,24,25,26,29)/t12-,16-,18-,19+/m1/s1. The summed E-state index contributed by atoms with van der Waals surface area (Å²) in [6.45, 7) is 2.19. The summed E-state index contributed by atoms with van der Waals surface area (Å²) in [6.07, 6.45) is 3.63. The number of nitrogens with zero attached hydrogens (tertiary/aromatic N) is 4. The van der Waals surface area contributed by atoms with Crippen LogP contribution in [-0.4, -0.2) is 67.6 Å². The lowest BCUT2D eigenvalue weighted by atomic mass is 10.1. The van der Waals surface area contributed by atoms with Crippen LogP contribution < -0.4 is 16.0 Å². The van der Waals surface area contributed by atoms with Crippen LogP contribution in [0.1, 0.15) is 17.1 Å². The highest BCUT2D eigenvalue weighted by Crippen LogP contribution is 2.32. The second-order valence-corrected chi connectivity index (χ2v) is 9.26. The number of thiazole rings is 1. The number of aliphatic hydroxyl groups is 3. The molecule has 6 N–H and O–H groups in total. The van der Waals surface area contributed by atoms with E-state index in [1.165, 1.54) is 11.3 Å². The third kappa shape index (κ3) is 4.40. The van der Waals surface area contributed by atoms with Gasteiger partial charge in [0.1, 0.15) is 16.9 Å². The highest BCUT2D eigenvalue weighted by atomic mass is 32.1. The molecule has 4 atom stereocenters. The number of anilines is 1. The molecule has 0 aromatic carbocycles. The molecule has 3 aromatic heterocycles. The number of aromatic nitrogens is 3. The summed E-state index contributed by atoms with van der Waals surface area (Å²) in [5.74, 6) is 0.711. The van der Waals surface area contributed by atoms with Crippen LogP contribution in [0.5, 0.6) is 0 Å². The highest BCUT2D eigenvalue weighted by Gasteiger charge is 2.41. The van der Waals surface area contributed by atoms with Gasteiger partial charge in [-0.25, -0.2) is 4.98 Å². The van der Waals surface area contributed by atoms with Crippen molar-refractivity contribution < 1.29 is 15.3 Å². The van der Waals surface area contributed by atoms with Gasteiger partial charge in [0.25, 0.3) is 0 Å². The van der Waals surface area contributed by atoms with Gasteiger partial charge in [-0.3, -0.25) is 9.97 Å². The van der Waals surface area contributed by atoms with Crippen molar-refractivity contribution in [1.29, 1.82) is 0 Å². The number of hydrogen-bond acceptors (Lipinski definition) is 11. The number of rotatable bonds is 5. The first-order chi connectivity index (χ1) is 16.0. The van der Waals surface area contributed by atoms with E-state index in [2.05, 4.69) is 25.9 Å². The average Bonchev–Trinajstić information content (AvgIpc) is 3.35. The van der Waals surface area contributed by atoms with Crippen LogP contribution in [0, 0.1) is 12.8 Å². The van der Waals surface area contributed by atoms with Crippen LogP contribution in [0.2, 0.25) is 0 Å². The third-order valence-electron chi connectivity index (χ3n) is 5.91. The van der Waals surface area contributed by atoms with Crippen molar-refractivity contribution in [2.24, 2.45) is 10.9 Å². The molecule has 0 amide bonds. The van der Waals surface area contributed by atoms with Crippen LogP contribution in [0.3, 0.4) is 0 Å². The van der Waals surface area contributed by atoms with E-state index in [9.17, 15) is 15.3 Å². The first-order valence-electron chi connectivity index (χ1n) is 10.7. The molecule has 4 heterocycles. The average molecular weight is 468 g/mol. The van der Waals surface area contributed by atoms with Gasteiger partial charge in [-0.05, 0) is 31.5 Å². The first kappa shape index (κ1) is 21.7. The third-order valence-corrected chi connectivity index (χ3v) is 6.97. The Morgan fingerprint density at radius 3 is 2.85 bits per heavy atom. The number of fused-ring (bicyclic) bond motifs is 1. The zero-order chi connectivity index (χ0) is 22.9. The fraction of sp³-hybridized carbons (Fsp3) is 0.364. The van der Waals surface area contributed by atoms with E-state index in [1.54, 1.807) is 18.6 Å². The summed E-state index contributed by atoms with van der Waals surface area (Å²) >= 11 is 1.52. The molecule has 0 spiro atoms. The number of hydrogen-bond donors (Lipinski definition) is 6. The zero-order valence-corrected chi connectivity index (χ0v) is 18.8. The van der Waals surface area contributed by atoms with Gasteiger partial charge in [-0.15, -0.1) is 11.3 Å². The van der Waals surface area contributed by atoms with Gasteiger partial charge < -0.3 is 31.3 Å². The fourth-order valence-electron chi connectivity index (χ4n) is 4.14. The number of aliphatic imine (C=N–C) groups is 1. The Hall–Kier alpha value is -3.12. The fourth-order valence-corrected chi connectivity index (χ4v) is 5.11. The minimum Gasteiger partial charge on any atom is -0.396 e. The van der Waals surface area contributed by atoms with Crippen molar-refractivity contribution in [3.63, 3.8) is 0 Å². The minimum atomic E-state index is -1.01. The first-order valence-corrected chi connectivity index (χ1v) is 11.5. The molecule has 10 nitrogen and oxygen atoms in total. The molecule has 3 aromatic rings. The number of guanidine groups is 1. The van der Waals surface area contributed by atoms with Crippen LogP contribution in [-0.2, 0) is 0 Å². The molecule has 1 saturated carbocycles. The van der Waals surface area contributed by atoms with Crippen molar-refractivity contribution in [1.82, 2.24) is 25.6 Å². The lowest BCUT2D eigenvalue weighted by molar-refractivity contribution is 0.000647. The minimum absolute atomic E-state index is 0.188. The number of pyridine rings is 2. The van der Waals surface area contributed by atoms with E-state index >= 15 is 0 Å². The van der Waals surface area contributed by atoms with Crippen LogP contribution >= 0.6 is 11.3 Å². The Balaban J connectivity index is 1.50. The summed E-state index contributed by atoms with van der Waals surface area (Å²) in [5.41, 5.74) is 3.43. The normalized spacial score (nSPS) is 25.2. The topological polar surface area (TPSA) is 148 Å². The number of aliphatic hydroxyl groups excluding tert-OH is 3. The zero-order valence-electron chi connectivity index (χ0n) is 17.9. The van der Waals surface area contributed by atoms with Crippen LogP contribution in [0.25, 0.3) is 15.8 Å². The maximum absolute atomic E-state index is 10.5. The van der Waals surface area contributed by atoms with Crippen molar-refractivity contribution >= 4 is 38.8 Å². The summed E-state index contributed by atoms with van der Waals surface area (Å²) in [7, 11) is 0. The van der Waals surface area contributed by atoms with Crippen molar-refractivity contribution in [2.75, 3.05) is 18.5 Å². The van der Waals surface area contributed by atoms with Gasteiger partial charge in [0, 0.05) is 54.6 Å². The van der Waals surface area contributed by atoms with Gasteiger partial charge in [0.05, 0.1) is 22.4 Å². The van der Waals surface area contributed by atoms with E-state index in [-0.39, 0.29) is 6.61 Å². The molecule has 1 fully saturated rings. The molecular formula is C22H25N7O3S. The monoisotopic (exact) mass is 467 g/mol. The number of nitrogens with one attached hydrogen (secondary N) is 3. The molecule has 0 unspecified atom stereocenters. The maximum Gasteiger partial charge on any atom is 0.202 e. The summed E-state index contributed by atoms with van der Waals surface area (Å²) in [4.78, 5) is 17.9. The summed E-state index contributed by atoms with van der Waals surface area (Å²) in [5, 5.41) is 41.0. The Morgan fingerprint density at radius 1 is 1.21 bits per heavy atom. The van der Waals surface area contributed by atoms with Crippen molar-refractivity contribution in [3.8, 4) is 0 Å². The molecular weight excluding hydrogens is 442 g/mol. The molecule has 0 radical (unpaired) electrons. The summed E-state index contributed by atoms with van der Waals surface area (Å²) in [6, 6.07) is 5.18. The van der Waals surface area contributed by atoms with E-state index in [0.29, 0.717) is 24.7 Å². The molecule has 11 heteroatoms. The van der Waals surface area contributed by atoms with E-state index in [4.69, 9.17) is 9.98 Å². The summed E-state index contributed by atoms with van der Waals surface area (Å²) < 4.78 is 0.969. The van der Waals surface area contributed by atoms with Crippen LogP contribution in [0.15, 0.2) is 47.6 Å². The lowest BCUT2D eigenvalue weighted by Gasteiger charge is -2.25. The molecule has 0 saturated heterocycles. The second-order valence-electron chi connectivity index (χ2n) is 8.22. The Labute approximate surface area is 194 Å². The maximum atomic E-state index is 10.5. The van der Waals surface area contributed by atoms with E-state index in [1.807, 2.05) is 25.1 Å². The highest BCUT2D eigenvalue weighted by molar-refractivity contribution is 7.19. The number of aryl methyl sites for hydroxylation is 1. The van der Waals surface area contributed by atoms with Gasteiger partial charge in [-0.2, -0.15) is 4.99 Å². The second kappa shape index (κ2) is 9.02.